The van der Waals surface area contributed by atoms with Crippen molar-refractivity contribution in [3.05, 3.63) is 75.7 Å². The van der Waals surface area contributed by atoms with E-state index < -0.39 is 0 Å². The first kappa shape index (κ1) is 25.0. The van der Waals surface area contributed by atoms with E-state index in [0.717, 1.165) is 51.0 Å². The SMILES string of the molecule is C/C=C/c1ccc2n(c1=O)C[C@@H]1[C@@H](CO)[C@H](C(=O)N3CCC(Cc4ccccc4)CC3)N(CCC)[C@H]21. The van der Waals surface area contributed by atoms with Gasteiger partial charge in [0.05, 0.1) is 12.1 Å². The van der Waals surface area contributed by atoms with Crippen LogP contribution in [0.3, 0.4) is 0 Å². The molecule has 0 saturated carbocycles. The van der Waals surface area contributed by atoms with Crippen LogP contribution in [0.1, 0.15) is 56.0 Å². The van der Waals surface area contributed by atoms with Crippen molar-refractivity contribution in [1.82, 2.24) is 14.4 Å². The van der Waals surface area contributed by atoms with Crippen LogP contribution in [0.25, 0.3) is 6.08 Å². The predicted molar refractivity (Wildman–Crippen MR) is 142 cm³/mol. The summed E-state index contributed by atoms with van der Waals surface area (Å²) in [4.78, 5) is 31.4. The van der Waals surface area contributed by atoms with Crippen LogP contribution < -0.4 is 5.56 Å². The highest BCUT2D eigenvalue weighted by atomic mass is 16.3. The van der Waals surface area contributed by atoms with Crippen molar-refractivity contribution in [2.75, 3.05) is 26.2 Å². The minimum absolute atomic E-state index is 0.000902. The molecule has 0 spiro atoms. The molecule has 5 rings (SSSR count). The average Bonchev–Trinajstić information content (AvgIpc) is 3.42. The lowest BCUT2D eigenvalue weighted by molar-refractivity contribution is -0.139. The highest BCUT2D eigenvalue weighted by Crippen LogP contribution is 2.49. The molecule has 0 aliphatic carbocycles. The molecule has 3 aliphatic heterocycles. The summed E-state index contributed by atoms with van der Waals surface area (Å²) >= 11 is 0. The molecule has 6 nitrogen and oxygen atoms in total. The number of hydrogen-bond donors (Lipinski definition) is 1. The summed E-state index contributed by atoms with van der Waals surface area (Å²) in [6.07, 6.45) is 7.76. The Kier molecular flexibility index (Phi) is 7.44. The first-order valence-corrected chi connectivity index (χ1v) is 13.6. The normalized spacial score (nSPS) is 26.5. The smallest absolute Gasteiger partial charge is 0.258 e. The number of rotatable bonds is 7. The second-order valence-corrected chi connectivity index (χ2v) is 10.7. The molecule has 4 heterocycles. The summed E-state index contributed by atoms with van der Waals surface area (Å²) in [6.45, 7) is 6.92. The van der Waals surface area contributed by atoms with Crippen LogP contribution in [0.15, 0.2) is 53.3 Å². The number of benzene rings is 1. The maximum atomic E-state index is 14.0. The van der Waals surface area contributed by atoms with E-state index >= 15 is 0 Å². The van der Waals surface area contributed by atoms with Gasteiger partial charge in [0.1, 0.15) is 0 Å². The molecule has 3 aliphatic rings. The van der Waals surface area contributed by atoms with E-state index in [1.165, 1.54) is 5.56 Å². The van der Waals surface area contributed by atoms with Crippen molar-refractivity contribution in [3.63, 3.8) is 0 Å². The third-order valence-electron chi connectivity index (χ3n) is 8.59. The van der Waals surface area contributed by atoms with Gasteiger partial charge >= 0.3 is 0 Å². The number of aliphatic hydroxyl groups excluding tert-OH is 1. The number of allylic oxidation sites excluding steroid dienone is 1. The molecule has 2 fully saturated rings. The van der Waals surface area contributed by atoms with Crippen molar-refractivity contribution in [2.24, 2.45) is 17.8 Å². The van der Waals surface area contributed by atoms with Gasteiger partial charge in [-0.1, -0.05) is 49.4 Å². The van der Waals surface area contributed by atoms with Gasteiger partial charge < -0.3 is 14.6 Å². The molecular weight excluding hydrogens is 450 g/mol. The van der Waals surface area contributed by atoms with E-state index in [1.54, 1.807) is 0 Å². The van der Waals surface area contributed by atoms with E-state index in [1.807, 2.05) is 34.6 Å². The Hall–Kier alpha value is -2.70. The van der Waals surface area contributed by atoms with Crippen LogP contribution in [0.5, 0.6) is 0 Å². The quantitative estimate of drug-likeness (QED) is 0.644. The Morgan fingerprint density at radius 3 is 2.53 bits per heavy atom. The molecule has 0 bridgehead atoms. The van der Waals surface area contributed by atoms with Crippen LogP contribution in [0.2, 0.25) is 0 Å². The average molecular weight is 490 g/mol. The molecule has 1 N–H and O–H groups in total. The number of piperidine rings is 1. The van der Waals surface area contributed by atoms with Gasteiger partial charge in [0.15, 0.2) is 0 Å². The number of pyridine rings is 1. The highest BCUT2D eigenvalue weighted by Gasteiger charge is 2.56. The van der Waals surface area contributed by atoms with Crippen LogP contribution >= 0.6 is 0 Å². The number of aromatic nitrogens is 1. The summed E-state index contributed by atoms with van der Waals surface area (Å²) in [5.74, 6) is 0.666. The Labute approximate surface area is 214 Å². The molecule has 192 valence electrons. The predicted octanol–water partition coefficient (Wildman–Crippen LogP) is 3.74. The van der Waals surface area contributed by atoms with Crippen molar-refractivity contribution >= 4 is 12.0 Å². The van der Waals surface area contributed by atoms with Gasteiger partial charge in [0.2, 0.25) is 5.91 Å². The maximum absolute atomic E-state index is 14.0. The van der Waals surface area contributed by atoms with Crippen molar-refractivity contribution < 1.29 is 9.90 Å². The standard InChI is InChI=1S/C30H39N3O3/c1-3-8-23-11-12-26-27-24(19-33(26)29(23)35)25(20-34)28(32(27)15-4-2)30(36)31-16-13-22(14-17-31)18-21-9-6-5-7-10-21/h3,5-12,22,24-25,27-28,34H,4,13-20H2,1-2H3/b8-3+/t24-,25-,27+,28-/m1/s1. The largest absolute Gasteiger partial charge is 0.396 e. The first-order valence-electron chi connectivity index (χ1n) is 13.6. The molecule has 2 aromatic rings. The summed E-state index contributed by atoms with van der Waals surface area (Å²) in [7, 11) is 0. The van der Waals surface area contributed by atoms with E-state index in [2.05, 4.69) is 48.2 Å². The monoisotopic (exact) mass is 489 g/mol. The fraction of sp³-hybridized carbons (Fsp3) is 0.533. The molecule has 0 radical (unpaired) electrons. The van der Waals surface area contributed by atoms with Gasteiger partial charge in [-0.05, 0) is 62.8 Å². The second-order valence-electron chi connectivity index (χ2n) is 10.7. The number of aliphatic hydroxyl groups is 1. The molecule has 0 unspecified atom stereocenters. The van der Waals surface area contributed by atoms with E-state index in [0.29, 0.717) is 18.0 Å². The fourth-order valence-corrected chi connectivity index (χ4v) is 6.92. The van der Waals surface area contributed by atoms with Gasteiger partial charge in [-0.2, -0.15) is 0 Å². The molecular formula is C30H39N3O3. The lowest BCUT2D eigenvalue weighted by Gasteiger charge is -2.38. The van der Waals surface area contributed by atoms with Crippen LogP contribution in [-0.4, -0.2) is 57.7 Å². The summed E-state index contributed by atoms with van der Waals surface area (Å²) < 4.78 is 1.88. The summed E-state index contributed by atoms with van der Waals surface area (Å²) in [5.41, 5.74) is 3.07. The second kappa shape index (κ2) is 10.7. The minimum Gasteiger partial charge on any atom is -0.396 e. The highest BCUT2D eigenvalue weighted by molar-refractivity contribution is 5.83. The molecule has 6 heteroatoms. The van der Waals surface area contributed by atoms with Crippen molar-refractivity contribution in [3.8, 4) is 0 Å². The zero-order valence-electron chi connectivity index (χ0n) is 21.6. The van der Waals surface area contributed by atoms with E-state index in [4.69, 9.17) is 0 Å². The summed E-state index contributed by atoms with van der Waals surface area (Å²) in [5, 5.41) is 10.5. The van der Waals surface area contributed by atoms with E-state index in [9.17, 15) is 14.7 Å². The van der Waals surface area contributed by atoms with E-state index in [-0.39, 0.29) is 42.0 Å². The molecule has 1 amide bonds. The maximum Gasteiger partial charge on any atom is 0.258 e. The fourth-order valence-electron chi connectivity index (χ4n) is 6.92. The summed E-state index contributed by atoms with van der Waals surface area (Å²) in [6, 6.07) is 14.3. The van der Waals surface area contributed by atoms with Gasteiger partial charge in [0.25, 0.3) is 5.56 Å². The Morgan fingerprint density at radius 2 is 1.86 bits per heavy atom. The van der Waals surface area contributed by atoms with Crippen LogP contribution in [-0.2, 0) is 17.8 Å². The van der Waals surface area contributed by atoms with Crippen molar-refractivity contribution in [1.29, 1.82) is 0 Å². The van der Waals surface area contributed by atoms with Gasteiger partial charge in [-0.3, -0.25) is 14.5 Å². The number of nitrogens with zero attached hydrogens (tertiary/aromatic N) is 3. The molecule has 36 heavy (non-hydrogen) atoms. The number of carbonyl (C=O) groups excluding carboxylic acids is 1. The third kappa shape index (κ3) is 4.46. The number of amides is 1. The molecule has 4 atom stereocenters. The Balaban J connectivity index is 1.35. The third-order valence-corrected chi connectivity index (χ3v) is 8.59. The topological polar surface area (TPSA) is 65.8 Å². The number of fused-ring (bicyclic) bond motifs is 3. The lowest BCUT2D eigenvalue weighted by Crippen LogP contribution is -2.52. The molecule has 1 aromatic carbocycles. The number of likely N-dealkylation sites (tertiary alicyclic amines) is 2. The zero-order valence-corrected chi connectivity index (χ0v) is 21.6. The zero-order chi connectivity index (χ0) is 25.2. The van der Waals surface area contributed by atoms with Crippen molar-refractivity contribution in [2.45, 2.75) is 58.2 Å². The van der Waals surface area contributed by atoms with Crippen LogP contribution in [0.4, 0.5) is 0 Å². The van der Waals surface area contributed by atoms with Gasteiger partial charge in [-0.25, -0.2) is 0 Å². The lowest BCUT2D eigenvalue weighted by atomic mass is 9.86. The number of hydrogen-bond acceptors (Lipinski definition) is 4. The Bertz CT molecular complexity index is 1150. The Morgan fingerprint density at radius 1 is 1.11 bits per heavy atom. The van der Waals surface area contributed by atoms with Gasteiger partial charge in [0, 0.05) is 49.3 Å². The first-order chi connectivity index (χ1) is 17.6. The number of carbonyl (C=O) groups is 1. The van der Waals surface area contributed by atoms with Gasteiger partial charge in [-0.15, -0.1) is 0 Å². The minimum atomic E-state index is -0.324. The molecule has 1 aromatic heterocycles. The molecule has 2 saturated heterocycles. The van der Waals surface area contributed by atoms with Crippen LogP contribution in [0, 0.1) is 17.8 Å².